The summed E-state index contributed by atoms with van der Waals surface area (Å²) in [7, 11) is 3.30. The van der Waals surface area contributed by atoms with Gasteiger partial charge in [-0.2, -0.15) is 0 Å². The zero-order valence-corrected chi connectivity index (χ0v) is 16.6. The summed E-state index contributed by atoms with van der Waals surface area (Å²) in [5, 5.41) is 13.8. The second-order valence-corrected chi connectivity index (χ2v) is 8.04. The molecular weight excluding hydrogens is 360 g/mol. The van der Waals surface area contributed by atoms with Gasteiger partial charge in [-0.3, -0.25) is 9.69 Å². The van der Waals surface area contributed by atoms with Gasteiger partial charge in [0.2, 0.25) is 5.91 Å². The predicted molar refractivity (Wildman–Crippen MR) is 104 cm³/mol. The Kier molecular flexibility index (Phi) is 5.75. The number of aliphatic hydroxyl groups excluding tert-OH is 1. The van der Waals surface area contributed by atoms with E-state index in [1.807, 2.05) is 6.07 Å². The molecule has 0 radical (unpaired) electrons. The molecule has 7 nitrogen and oxygen atoms in total. The Hall–Kier alpha value is -1.83. The molecule has 0 aromatic heterocycles. The van der Waals surface area contributed by atoms with Crippen LogP contribution in [0.4, 0.5) is 0 Å². The molecule has 1 aromatic carbocycles. The third kappa shape index (κ3) is 4.11. The van der Waals surface area contributed by atoms with Crippen LogP contribution in [-0.2, 0) is 22.5 Å². The summed E-state index contributed by atoms with van der Waals surface area (Å²) in [5.74, 6) is 1.73. The average Bonchev–Trinajstić information content (AvgIpc) is 3.55. The van der Waals surface area contributed by atoms with Crippen LogP contribution < -0.4 is 14.8 Å². The Labute approximate surface area is 165 Å². The van der Waals surface area contributed by atoms with E-state index in [0.717, 1.165) is 43.9 Å². The molecule has 0 unspecified atom stereocenters. The molecule has 154 valence electrons. The maximum atomic E-state index is 12.1. The van der Waals surface area contributed by atoms with E-state index in [1.54, 1.807) is 14.2 Å². The third-order valence-corrected chi connectivity index (χ3v) is 6.06. The molecule has 2 aliphatic heterocycles. The fourth-order valence-corrected chi connectivity index (χ4v) is 4.19. The summed E-state index contributed by atoms with van der Waals surface area (Å²) in [6, 6.07) is 3.88. The highest BCUT2D eigenvalue weighted by molar-refractivity contribution is 5.81. The topological polar surface area (TPSA) is 80.3 Å². The lowest BCUT2D eigenvalue weighted by atomic mass is 9.96. The van der Waals surface area contributed by atoms with Crippen LogP contribution in [0.2, 0.25) is 0 Å². The van der Waals surface area contributed by atoms with Crippen LogP contribution in [0.15, 0.2) is 12.1 Å². The zero-order valence-electron chi connectivity index (χ0n) is 16.6. The molecule has 3 atom stereocenters. The Balaban J connectivity index is 1.38. The first kappa shape index (κ1) is 19.5. The number of hydrogen-bond donors (Lipinski definition) is 2. The van der Waals surface area contributed by atoms with Gasteiger partial charge in [0, 0.05) is 32.2 Å². The quantitative estimate of drug-likeness (QED) is 0.757. The van der Waals surface area contributed by atoms with Crippen molar-refractivity contribution in [2.24, 2.45) is 5.92 Å². The Bertz CT molecular complexity index is 721. The molecule has 3 aliphatic rings. The number of nitrogens with zero attached hydrogens (tertiary/aromatic N) is 1. The molecule has 2 N–H and O–H groups in total. The summed E-state index contributed by atoms with van der Waals surface area (Å²) in [6.07, 6.45) is 2.55. The second-order valence-electron chi connectivity index (χ2n) is 8.04. The van der Waals surface area contributed by atoms with Crippen LogP contribution in [0, 0.1) is 5.92 Å². The fourth-order valence-electron chi connectivity index (χ4n) is 4.19. The van der Waals surface area contributed by atoms with Crippen molar-refractivity contribution < 1.29 is 24.1 Å². The minimum Gasteiger partial charge on any atom is -0.493 e. The number of hydrogen-bond acceptors (Lipinski definition) is 6. The van der Waals surface area contributed by atoms with E-state index in [2.05, 4.69) is 16.3 Å². The highest BCUT2D eigenvalue weighted by Crippen LogP contribution is 2.33. The average molecular weight is 390 g/mol. The minimum absolute atomic E-state index is 0.0812. The van der Waals surface area contributed by atoms with Crippen molar-refractivity contribution in [2.75, 3.05) is 33.9 Å². The monoisotopic (exact) mass is 390 g/mol. The standard InChI is InChI=1S/C21H30N2O5/c1-26-17-9-14-5-7-23(11-15(14)10-18(17)27-2)12-19-20(24)16(6-8-28-19)22-21(25)13-3-4-13/h9-10,13,16,19-20,24H,3-8,11-12H2,1-2H3,(H,22,25)/t16-,19+,20-/m0/s1. The molecule has 2 heterocycles. The number of benzene rings is 1. The van der Waals surface area contributed by atoms with Crippen molar-refractivity contribution in [2.45, 2.75) is 50.5 Å². The molecule has 1 saturated carbocycles. The molecule has 0 bridgehead atoms. The number of ether oxygens (including phenoxy) is 3. The summed E-state index contributed by atoms with van der Waals surface area (Å²) in [4.78, 5) is 14.4. The fraction of sp³-hybridized carbons (Fsp3) is 0.667. The van der Waals surface area contributed by atoms with Gasteiger partial charge in [-0.05, 0) is 48.9 Å². The molecule has 1 aromatic rings. The number of aliphatic hydroxyl groups is 1. The van der Waals surface area contributed by atoms with E-state index in [4.69, 9.17) is 14.2 Å². The maximum absolute atomic E-state index is 12.1. The Morgan fingerprint density at radius 1 is 1.21 bits per heavy atom. The summed E-state index contributed by atoms with van der Waals surface area (Å²) in [6.45, 7) is 2.88. The molecular formula is C21H30N2O5. The van der Waals surface area contributed by atoms with Gasteiger partial charge in [-0.15, -0.1) is 0 Å². The second kappa shape index (κ2) is 8.27. The van der Waals surface area contributed by atoms with Crippen molar-refractivity contribution in [3.8, 4) is 11.5 Å². The normalized spacial score (nSPS) is 27.8. The van der Waals surface area contributed by atoms with E-state index in [9.17, 15) is 9.90 Å². The lowest BCUT2D eigenvalue weighted by molar-refractivity contribution is -0.131. The highest BCUT2D eigenvalue weighted by atomic mass is 16.5. The smallest absolute Gasteiger partial charge is 0.223 e. The van der Waals surface area contributed by atoms with Crippen molar-refractivity contribution in [3.05, 3.63) is 23.3 Å². The van der Waals surface area contributed by atoms with Gasteiger partial charge in [-0.25, -0.2) is 0 Å². The molecule has 0 spiro atoms. The molecule has 4 rings (SSSR count). The van der Waals surface area contributed by atoms with Crippen LogP contribution in [0.3, 0.4) is 0 Å². The summed E-state index contributed by atoms with van der Waals surface area (Å²) < 4.78 is 16.7. The number of rotatable bonds is 6. The van der Waals surface area contributed by atoms with Gasteiger partial charge < -0.3 is 24.6 Å². The van der Waals surface area contributed by atoms with Gasteiger partial charge in [0.25, 0.3) is 0 Å². The first-order chi connectivity index (χ1) is 13.6. The van der Waals surface area contributed by atoms with E-state index >= 15 is 0 Å². The SMILES string of the molecule is COc1cc2c(cc1OC)CN(C[C@H]1OCC[C@H](NC(=O)C3CC3)[C@@H]1O)CC2. The van der Waals surface area contributed by atoms with Crippen molar-refractivity contribution >= 4 is 5.91 Å². The van der Waals surface area contributed by atoms with E-state index in [0.29, 0.717) is 19.6 Å². The van der Waals surface area contributed by atoms with Crippen LogP contribution in [-0.4, -0.2) is 68.1 Å². The number of fused-ring (bicyclic) bond motifs is 1. The van der Waals surface area contributed by atoms with Gasteiger partial charge in [0.1, 0.15) is 6.10 Å². The lowest BCUT2D eigenvalue weighted by Gasteiger charge is -2.39. The molecule has 1 amide bonds. The van der Waals surface area contributed by atoms with Gasteiger partial charge >= 0.3 is 0 Å². The number of amides is 1. The van der Waals surface area contributed by atoms with Crippen molar-refractivity contribution in [1.82, 2.24) is 10.2 Å². The van der Waals surface area contributed by atoms with Crippen LogP contribution >= 0.6 is 0 Å². The van der Waals surface area contributed by atoms with E-state index in [1.165, 1.54) is 11.1 Å². The minimum atomic E-state index is -0.678. The van der Waals surface area contributed by atoms with Crippen molar-refractivity contribution in [3.63, 3.8) is 0 Å². The molecule has 1 aliphatic carbocycles. The first-order valence-corrected chi connectivity index (χ1v) is 10.1. The number of methoxy groups -OCH3 is 2. The predicted octanol–water partition coefficient (Wildman–Crippen LogP) is 1.11. The number of nitrogens with one attached hydrogen (secondary N) is 1. The zero-order chi connectivity index (χ0) is 19.7. The molecule has 28 heavy (non-hydrogen) atoms. The summed E-state index contributed by atoms with van der Waals surface area (Å²) in [5.41, 5.74) is 2.49. The van der Waals surface area contributed by atoms with Crippen LogP contribution in [0.5, 0.6) is 11.5 Å². The van der Waals surface area contributed by atoms with E-state index in [-0.39, 0.29) is 24.0 Å². The lowest BCUT2D eigenvalue weighted by Crippen LogP contribution is -2.56. The van der Waals surface area contributed by atoms with Gasteiger partial charge in [0.05, 0.1) is 26.4 Å². The molecule has 7 heteroatoms. The van der Waals surface area contributed by atoms with Crippen LogP contribution in [0.25, 0.3) is 0 Å². The van der Waals surface area contributed by atoms with Crippen molar-refractivity contribution in [1.29, 1.82) is 0 Å². The van der Waals surface area contributed by atoms with Gasteiger partial charge in [-0.1, -0.05) is 0 Å². The number of carbonyl (C=O) groups excluding carboxylic acids is 1. The highest BCUT2D eigenvalue weighted by Gasteiger charge is 2.38. The third-order valence-electron chi connectivity index (χ3n) is 6.06. The molecule has 2 fully saturated rings. The molecule has 1 saturated heterocycles. The largest absolute Gasteiger partial charge is 0.493 e. The Morgan fingerprint density at radius 3 is 2.61 bits per heavy atom. The van der Waals surface area contributed by atoms with Gasteiger partial charge in [0.15, 0.2) is 11.5 Å². The Morgan fingerprint density at radius 2 is 1.93 bits per heavy atom. The van der Waals surface area contributed by atoms with Crippen LogP contribution in [0.1, 0.15) is 30.4 Å². The maximum Gasteiger partial charge on any atom is 0.223 e. The van der Waals surface area contributed by atoms with E-state index < -0.39 is 6.10 Å². The summed E-state index contributed by atoms with van der Waals surface area (Å²) >= 11 is 0. The number of carbonyl (C=O) groups is 1. The first-order valence-electron chi connectivity index (χ1n) is 10.1.